The largest absolute Gasteiger partial charge is 0.468 e. The number of hydrogen-bond acceptors (Lipinski definition) is 4. The molecule has 0 saturated carbocycles. The SMILES string of the molecule is CCC(N)C(c1ccco1)N1CCC(O)C1. The first kappa shape index (κ1) is 11.6. The summed E-state index contributed by atoms with van der Waals surface area (Å²) in [5, 5.41) is 9.59. The fourth-order valence-electron chi connectivity index (χ4n) is 2.37. The molecule has 1 aromatic rings. The molecule has 1 aliphatic rings. The lowest BCUT2D eigenvalue weighted by atomic mass is 10.0. The third kappa shape index (κ3) is 2.29. The monoisotopic (exact) mass is 224 g/mol. The number of aliphatic hydroxyl groups is 1. The normalized spacial score (nSPS) is 25.8. The number of nitrogens with two attached hydrogens (primary N) is 1. The summed E-state index contributed by atoms with van der Waals surface area (Å²) in [6.07, 6.45) is 3.18. The van der Waals surface area contributed by atoms with Crippen LogP contribution in [0.5, 0.6) is 0 Å². The lowest BCUT2D eigenvalue weighted by molar-refractivity contribution is 0.137. The fourth-order valence-corrected chi connectivity index (χ4v) is 2.37. The molecule has 0 radical (unpaired) electrons. The van der Waals surface area contributed by atoms with Crippen molar-refractivity contribution in [2.24, 2.45) is 5.73 Å². The predicted octanol–water partition coefficient (Wildman–Crippen LogP) is 1.12. The Labute approximate surface area is 96.0 Å². The Balaban J connectivity index is 2.15. The van der Waals surface area contributed by atoms with E-state index in [0.717, 1.165) is 25.1 Å². The second-order valence-electron chi connectivity index (χ2n) is 4.47. The lowest BCUT2D eigenvalue weighted by Gasteiger charge is -2.30. The van der Waals surface area contributed by atoms with E-state index in [2.05, 4.69) is 11.8 Å². The fraction of sp³-hybridized carbons (Fsp3) is 0.667. The summed E-state index contributed by atoms with van der Waals surface area (Å²) in [5.41, 5.74) is 6.15. The minimum atomic E-state index is -0.221. The highest BCUT2D eigenvalue weighted by Crippen LogP contribution is 2.28. The average molecular weight is 224 g/mol. The van der Waals surface area contributed by atoms with Crippen molar-refractivity contribution in [2.75, 3.05) is 13.1 Å². The van der Waals surface area contributed by atoms with Crippen molar-refractivity contribution >= 4 is 0 Å². The number of aliphatic hydroxyl groups excluding tert-OH is 1. The van der Waals surface area contributed by atoms with Crippen molar-refractivity contribution in [3.8, 4) is 0 Å². The van der Waals surface area contributed by atoms with Crippen LogP contribution in [0.3, 0.4) is 0 Å². The summed E-state index contributed by atoms with van der Waals surface area (Å²) in [4.78, 5) is 2.22. The quantitative estimate of drug-likeness (QED) is 0.804. The van der Waals surface area contributed by atoms with E-state index in [1.165, 1.54) is 0 Å². The van der Waals surface area contributed by atoms with Crippen LogP contribution in [0.1, 0.15) is 31.6 Å². The molecule has 1 saturated heterocycles. The minimum Gasteiger partial charge on any atom is -0.468 e. The molecule has 0 aromatic carbocycles. The molecule has 16 heavy (non-hydrogen) atoms. The molecule has 1 aliphatic heterocycles. The van der Waals surface area contributed by atoms with Gasteiger partial charge in [0, 0.05) is 19.1 Å². The predicted molar refractivity (Wildman–Crippen MR) is 61.9 cm³/mol. The topological polar surface area (TPSA) is 62.6 Å². The summed E-state index contributed by atoms with van der Waals surface area (Å²) in [7, 11) is 0. The van der Waals surface area contributed by atoms with Crippen LogP contribution in [-0.4, -0.2) is 35.2 Å². The van der Waals surface area contributed by atoms with E-state index in [9.17, 15) is 5.11 Å². The lowest BCUT2D eigenvalue weighted by Crippen LogP contribution is -2.40. The summed E-state index contributed by atoms with van der Waals surface area (Å²) in [6, 6.07) is 4.00. The van der Waals surface area contributed by atoms with Gasteiger partial charge in [0.1, 0.15) is 5.76 Å². The third-order valence-corrected chi connectivity index (χ3v) is 3.30. The Hall–Kier alpha value is -0.840. The van der Waals surface area contributed by atoms with Gasteiger partial charge in [-0.1, -0.05) is 6.92 Å². The second-order valence-corrected chi connectivity index (χ2v) is 4.47. The zero-order valence-corrected chi connectivity index (χ0v) is 9.67. The molecule has 3 unspecified atom stereocenters. The summed E-state index contributed by atoms with van der Waals surface area (Å²) >= 11 is 0. The van der Waals surface area contributed by atoms with Crippen LogP contribution >= 0.6 is 0 Å². The van der Waals surface area contributed by atoms with Crippen molar-refractivity contribution in [3.63, 3.8) is 0 Å². The van der Waals surface area contributed by atoms with E-state index in [0.29, 0.717) is 6.54 Å². The third-order valence-electron chi connectivity index (χ3n) is 3.30. The van der Waals surface area contributed by atoms with E-state index in [4.69, 9.17) is 10.2 Å². The molecule has 0 bridgehead atoms. The number of furan rings is 1. The summed E-state index contributed by atoms with van der Waals surface area (Å²) in [5.74, 6) is 0.906. The van der Waals surface area contributed by atoms with E-state index >= 15 is 0 Å². The van der Waals surface area contributed by atoms with Gasteiger partial charge >= 0.3 is 0 Å². The van der Waals surface area contributed by atoms with Gasteiger partial charge in [0.25, 0.3) is 0 Å². The maximum absolute atomic E-state index is 9.59. The molecule has 0 aliphatic carbocycles. The van der Waals surface area contributed by atoms with Crippen LogP contribution in [0.2, 0.25) is 0 Å². The van der Waals surface area contributed by atoms with Gasteiger partial charge in [-0.15, -0.1) is 0 Å². The van der Waals surface area contributed by atoms with Gasteiger partial charge in [0.05, 0.1) is 18.4 Å². The van der Waals surface area contributed by atoms with Gasteiger partial charge in [-0.25, -0.2) is 0 Å². The Morgan fingerprint density at radius 1 is 1.69 bits per heavy atom. The van der Waals surface area contributed by atoms with Crippen LogP contribution in [-0.2, 0) is 0 Å². The molecule has 90 valence electrons. The van der Waals surface area contributed by atoms with Gasteiger partial charge in [-0.05, 0) is 25.0 Å². The summed E-state index contributed by atoms with van der Waals surface area (Å²) in [6.45, 7) is 3.66. The molecule has 1 fully saturated rings. The van der Waals surface area contributed by atoms with Gasteiger partial charge < -0.3 is 15.3 Å². The Morgan fingerprint density at radius 2 is 2.50 bits per heavy atom. The van der Waals surface area contributed by atoms with Crippen molar-refractivity contribution in [2.45, 2.75) is 38.0 Å². The molecular weight excluding hydrogens is 204 g/mol. The molecule has 2 rings (SSSR count). The van der Waals surface area contributed by atoms with E-state index in [1.54, 1.807) is 6.26 Å². The highest BCUT2D eigenvalue weighted by atomic mass is 16.3. The van der Waals surface area contributed by atoms with E-state index < -0.39 is 0 Å². The van der Waals surface area contributed by atoms with Crippen LogP contribution in [0, 0.1) is 0 Å². The number of likely N-dealkylation sites (tertiary alicyclic amines) is 1. The Bertz CT molecular complexity index is 313. The second kappa shape index (κ2) is 4.99. The van der Waals surface area contributed by atoms with Gasteiger partial charge in [-0.2, -0.15) is 0 Å². The highest BCUT2D eigenvalue weighted by Gasteiger charge is 2.32. The maximum atomic E-state index is 9.59. The molecule has 4 heteroatoms. The first-order valence-corrected chi connectivity index (χ1v) is 5.93. The zero-order chi connectivity index (χ0) is 11.5. The van der Waals surface area contributed by atoms with E-state index in [-0.39, 0.29) is 18.2 Å². The highest BCUT2D eigenvalue weighted by molar-refractivity contribution is 5.08. The number of rotatable bonds is 4. The van der Waals surface area contributed by atoms with Crippen LogP contribution in [0.15, 0.2) is 22.8 Å². The van der Waals surface area contributed by atoms with Crippen molar-refractivity contribution in [1.29, 1.82) is 0 Å². The smallest absolute Gasteiger partial charge is 0.122 e. The van der Waals surface area contributed by atoms with Crippen molar-refractivity contribution < 1.29 is 9.52 Å². The Morgan fingerprint density at radius 3 is 3.00 bits per heavy atom. The molecule has 3 atom stereocenters. The molecule has 2 heterocycles. The molecule has 1 aromatic heterocycles. The van der Waals surface area contributed by atoms with Gasteiger partial charge in [-0.3, -0.25) is 4.90 Å². The molecule has 0 amide bonds. The van der Waals surface area contributed by atoms with Crippen LogP contribution in [0.4, 0.5) is 0 Å². The minimum absolute atomic E-state index is 0.0523. The van der Waals surface area contributed by atoms with E-state index in [1.807, 2.05) is 12.1 Å². The first-order chi connectivity index (χ1) is 7.72. The molecular formula is C12H20N2O2. The van der Waals surface area contributed by atoms with Gasteiger partial charge in [0.2, 0.25) is 0 Å². The van der Waals surface area contributed by atoms with Crippen LogP contribution in [0.25, 0.3) is 0 Å². The summed E-state index contributed by atoms with van der Waals surface area (Å²) < 4.78 is 5.46. The molecule has 4 nitrogen and oxygen atoms in total. The standard InChI is InChI=1S/C12H20N2O2/c1-2-10(13)12(11-4-3-7-16-11)14-6-5-9(15)8-14/h3-4,7,9-10,12,15H,2,5-6,8,13H2,1H3. The number of β-amino-alcohol motifs (C(OH)–C–C–N with tert-alkyl or cyclic N) is 1. The number of hydrogen-bond donors (Lipinski definition) is 2. The Kier molecular flexibility index (Phi) is 3.63. The average Bonchev–Trinajstić information content (AvgIpc) is 2.91. The molecule has 0 spiro atoms. The van der Waals surface area contributed by atoms with Gasteiger partial charge in [0.15, 0.2) is 0 Å². The maximum Gasteiger partial charge on any atom is 0.122 e. The zero-order valence-electron chi connectivity index (χ0n) is 9.67. The van der Waals surface area contributed by atoms with Crippen LogP contribution < -0.4 is 5.73 Å². The van der Waals surface area contributed by atoms with Crippen molar-refractivity contribution in [1.82, 2.24) is 4.90 Å². The first-order valence-electron chi connectivity index (χ1n) is 5.93. The molecule has 3 N–H and O–H groups in total. The van der Waals surface area contributed by atoms with Crippen molar-refractivity contribution in [3.05, 3.63) is 24.2 Å². The number of nitrogens with zero attached hydrogens (tertiary/aromatic N) is 1.